The molecule has 1 aromatic carbocycles. The predicted molar refractivity (Wildman–Crippen MR) is 82.1 cm³/mol. The third-order valence-corrected chi connectivity index (χ3v) is 3.72. The number of hydrogen-bond acceptors (Lipinski definition) is 4. The van der Waals surface area contributed by atoms with Gasteiger partial charge in [0.05, 0.1) is 4.92 Å². The van der Waals surface area contributed by atoms with Crippen LogP contribution in [0.15, 0.2) is 24.3 Å². The second-order valence-corrected chi connectivity index (χ2v) is 5.16. The van der Waals surface area contributed by atoms with E-state index in [1.54, 1.807) is 12.1 Å². The normalized spacial score (nSPS) is 12.6. The lowest BCUT2D eigenvalue weighted by Crippen LogP contribution is -2.35. The van der Waals surface area contributed by atoms with Gasteiger partial charge in [0.15, 0.2) is 0 Å². The molecule has 0 amide bonds. The molecule has 0 saturated carbocycles. The largest absolute Gasteiger partial charge is 0.315 e. The molecule has 5 heteroatoms. The first-order chi connectivity index (χ1) is 9.54. The molecule has 1 aromatic rings. The van der Waals surface area contributed by atoms with Gasteiger partial charge in [-0.1, -0.05) is 19.1 Å². The zero-order valence-electron chi connectivity index (χ0n) is 12.6. The number of nitro groups is 1. The van der Waals surface area contributed by atoms with Crippen LogP contribution in [0.1, 0.15) is 25.8 Å². The zero-order valence-corrected chi connectivity index (χ0v) is 12.6. The van der Waals surface area contributed by atoms with Crippen LogP contribution in [-0.2, 0) is 6.42 Å². The van der Waals surface area contributed by atoms with Gasteiger partial charge < -0.3 is 10.2 Å². The van der Waals surface area contributed by atoms with E-state index in [2.05, 4.69) is 31.1 Å². The standard InChI is InChI=1S/C15H25N3O2/c1-4-13(2)17(3)12-11-16-10-9-14-5-7-15(8-6-14)18(19)20/h5-8,13,16H,4,9-12H2,1-3H3. The molecule has 0 aliphatic rings. The van der Waals surface area contributed by atoms with Crippen LogP contribution >= 0.6 is 0 Å². The molecule has 0 saturated heterocycles. The summed E-state index contributed by atoms with van der Waals surface area (Å²) in [6.07, 6.45) is 2.06. The van der Waals surface area contributed by atoms with Gasteiger partial charge in [0.1, 0.15) is 0 Å². The van der Waals surface area contributed by atoms with Crippen LogP contribution < -0.4 is 5.32 Å². The third kappa shape index (κ3) is 5.67. The number of hydrogen-bond donors (Lipinski definition) is 1. The Kier molecular flexibility index (Phi) is 7.18. The molecule has 20 heavy (non-hydrogen) atoms. The van der Waals surface area contributed by atoms with Crippen LogP contribution in [0, 0.1) is 10.1 Å². The molecule has 0 heterocycles. The molecule has 0 bridgehead atoms. The van der Waals surface area contributed by atoms with Gasteiger partial charge in [0.25, 0.3) is 5.69 Å². The quantitative estimate of drug-likeness (QED) is 0.428. The van der Waals surface area contributed by atoms with Crippen molar-refractivity contribution in [3.63, 3.8) is 0 Å². The van der Waals surface area contributed by atoms with Gasteiger partial charge in [-0.2, -0.15) is 0 Å². The summed E-state index contributed by atoms with van der Waals surface area (Å²) in [4.78, 5) is 12.5. The first-order valence-corrected chi connectivity index (χ1v) is 7.19. The average Bonchev–Trinajstić information content (AvgIpc) is 2.46. The summed E-state index contributed by atoms with van der Waals surface area (Å²) < 4.78 is 0. The first kappa shape index (κ1) is 16.6. The van der Waals surface area contributed by atoms with Crippen LogP contribution in [-0.4, -0.2) is 42.5 Å². The van der Waals surface area contributed by atoms with Crippen LogP contribution in [0.4, 0.5) is 5.69 Å². The van der Waals surface area contributed by atoms with Crippen LogP contribution in [0.3, 0.4) is 0 Å². The Bertz CT molecular complexity index is 406. The Hall–Kier alpha value is -1.46. The summed E-state index contributed by atoms with van der Waals surface area (Å²) in [7, 11) is 2.15. The maximum Gasteiger partial charge on any atom is 0.269 e. The highest BCUT2D eigenvalue weighted by Crippen LogP contribution is 2.11. The van der Waals surface area contributed by atoms with Crippen LogP contribution in [0.2, 0.25) is 0 Å². The van der Waals surface area contributed by atoms with E-state index in [9.17, 15) is 10.1 Å². The molecule has 112 valence electrons. The highest BCUT2D eigenvalue weighted by molar-refractivity contribution is 5.32. The molecular formula is C15H25N3O2. The molecule has 1 unspecified atom stereocenters. The highest BCUT2D eigenvalue weighted by Gasteiger charge is 2.06. The van der Waals surface area contributed by atoms with Crippen molar-refractivity contribution < 1.29 is 4.92 Å². The maximum absolute atomic E-state index is 10.5. The van der Waals surface area contributed by atoms with E-state index in [-0.39, 0.29) is 10.6 Å². The van der Waals surface area contributed by atoms with E-state index in [0.717, 1.165) is 31.6 Å². The Morgan fingerprint density at radius 2 is 1.95 bits per heavy atom. The average molecular weight is 279 g/mol. The predicted octanol–water partition coefficient (Wildman–Crippen LogP) is 2.46. The van der Waals surface area contributed by atoms with Gasteiger partial charge in [0, 0.05) is 31.3 Å². The fourth-order valence-corrected chi connectivity index (χ4v) is 1.93. The monoisotopic (exact) mass is 279 g/mol. The van der Waals surface area contributed by atoms with Crippen LogP contribution in [0.5, 0.6) is 0 Å². The van der Waals surface area contributed by atoms with E-state index in [0.29, 0.717) is 6.04 Å². The molecule has 5 nitrogen and oxygen atoms in total. The number of non-ortho nitro benzene ring substituents is 1. The fraction of sp³-hybridized carbons (Fsp3) is 0.600. The topological polar surface area (TPSA) is 58.4 Å². The van der Waals surface area contributed by atoms with Gasteiger partial charge in [-0.05, 0) is 38.9 Å². The SMILES string of the molecule is CCC(C)N(C)CCNCCc1ccc([N+](=O)[O-])cc1. The summed E-state index contributed by atoms with van der Waals surface area (Å²) in [6, 6.07) is 7.39. The number of nitrogens with one attached hydrogen (secondary N) is 1. The van der Waals surface area contributed by atoms with Crippen molar-refractivity contribution in [1.82, 2.24) is 10.2 Å². The lowest BCUT2D eigenvalue weighted by molar-refractivity contribution is -0.384. The number of rotatable bonds is 9. The van der Waals surface area contributed by atoms with Gasteiger partial charge in [0.2, 0.25) is 0 Å². The molecule has 0 aliphatic carbocycles. The molecule has 1 atom stereocenters. The Morgan fingerprint density at radius 3 is 2.50 bits per heavy atom. The summed E-state index contributed by atoms with van der Waals surface area (Å²) >= 11 is 0. The molecule has 1 rings (SSSR count). The lowest BCUT2D eigenvalue weighted by atomic mass is 10.1. The molecule has 0 aromatic heterocycles. The van der Waals surface area contributed by atoms with E-state index < -0.39 is 0 Å². The van der Waals surface area contributed by atoms with Crippen molar-refractivity contribution in [3.05, 3.63) is 39.9 Å². The van der Waals surface area contributed by atoms with Crippen molar-refractivity contribution in [1.29, 1.82) is 0 Å². The smallest absolute Gasteiger partial charge is 0.269 e. The molecule has 0 fully saturated rings. The van der Waals surface area contributed by atoms with Crippen molar-refractivity contribution >= 4 is 5.69 Å². The number of benzene rings is 1. The summed E-state index contributed by atoms with van der Waals surface area (Å²) in [5.74, 6) is 0. The summed E-state index contributed by atoms with van der Waals surface area (Å²) in [5, 5.41) is 13.9. The molecule has 0 aliphatic heterocycles. The highest BCUT2D eigenvalue weighted by atomic mass is 16.6. The summed E-state index contributed by atoms with van der Waals surface area (Å²) in [6.45, 7) is 7.33. The zero-order chi connectivity index (χ0) is 15.0. The van der Waals surface area contributed by atoms with Crippen molar-refractivity contribution in [2.45, 2.75) is 32.7 Å². The maximum atomic E-state index is 10.5. The molecule has 0 radical (unpaired) electrons. The van der Waals surface area contributed by atoms with E-state index in [1.165, 1.54) is 6.42 Å². The molecule has 1 N–H and O–H groups in total. The minimum Gasteiger partial charge on any atom is -0.315 e. The van der Waals surface area contributed by atoms with Gasteiger partial charge in [-0.3, -0.25) is 10.1 Å². The molecule has 0 spiro atoms. The second-order valence-electron chi connectivity index (χ2n) is 5.16. The minimum atomic E-state index is -0.368. The van der Waals surface area contributed by atoms with E-state index >= 15 is 0 Å². The van der Waals surface area contributed by atoms with Crippen molar-refractivity contribution in [3.8, 4) is 0 Å². The van der Waals surface area contributed by atoms with E-state index in [1.807, 2.05) is 12.1 Å². The van der Waals surface area contributed by atoms with Gasteiger partial charge in [-0.15, -0.1) is 0 Å². The Balaban J connectivity index is 2.19. The Labute approximate surface area is 121 Å². The van der Waals surface area contributed by atoms with E-state index in [4.69, 9.17) is 0 Å². The number of likely N-dealkylation sites (N-methyl/N-ethyl adjacent to an activating group) is 1. The number of nitro benzene ring substituents is 1. The minimum absolute atomic E-state index is 0.150. The Morgan fingerprint density at radius 1 is 1.30 bits per heavy atom. The fourth-order valence-electron chi connectivity index (χ4n) is 1.93. The number of nitrogens with zero attached hydrogens (tertiary/aromatic N) is 2. The lowest BCUT2D eigenvalue weighted by Gasteiger charge is -2.23. The first-order valence-electron chi connectivity index (χ1n) is 7.19. The second kappa shape index (κ2) is 8.66. The third-order valence-electron chi connectivity index (χ3n) is 3.72. The van der Waals surface area contributed by atoms with Crippen molar-refractivity contribution in [2.24, 2.45) is 0 Å². The molecular weight excluding hydrogens is 254 g/mol. The van der Waals surface area contributed by atoms with Crippen LogP contribution in [0.25, 0.3) is 0 Å². The van der Waals surface area contributed by atoms with Gasteiger partial charge in [-0.25, -0.2) is 0 Å². The summed E-state index contributed by atoms with van der Waals surface area (Å²) in [5.41, 5.74) is 1.27. The van der Waals surface area contributed by atoms with Crippen molar-refractivity contribution in [2.75, 3.05) is 26.7 Å². The van der Waals surface area contributed by atoms with Gasteiger partial charge >= 0.3 is 0 Å².